The van der Waals surface area contributed by atoms with Gasteiger partial charge in [0.2, 0.25) is 0 Å². The van der Waals surface area contributed by atoms with Crippen molar-refractivity contribution in [1.29, 1.82) is 0 Å². The van der Waals surface area contributed by atoms with Gasteiger partial charge >= 0.3 is 0 Å². The van der Waals surface area contributed by atoms with Gasteiger partial charge in [-0.25, -0.2) is 0 Å². The largest absolute Gasteiger partial charge is 0.469 e. The van der Waals surface area contributed by atoms with Crippen LogP contribution in [0.4, 0.5) is 0 Å². The highest BCUT2D eigenvalue weighted by Gasteiger charge is 2.33. The molecule has 13 heavy (non-hydrogen) atoms. The highest BCUT2D eigenvalue weighted by Crippen LogP contribution is 2.41. The van der Waals surface area contributed by atoms with E-state index in [1.54, 1.807) is 6.26 Å². The van der Waals surface area contributed by atoms with Crippen LogP contribution >= 0.6 is 0 Å². The lowest BCUT2D eigenvalue weighted by Gasteiger charge is -2.14. The fraction of sp³-hybridized carbons (Fsp3) is 0.600. The van der Waals surface area contributed by atoms with Crippen LogP contribution in [-0.2, 0) is 6.42 Å². The molecule has 1 aliphatic rings. The molecule has 1 saturated carbocycles. The standard InChI is InChI=1S/C10H16N2O/c1-2-9-8(5-6-13-9)10(12-11)7-3-4-7/h5-7,10,12H,2-4,11H2,1H3. The number of rotatable bonds is 4. The average Bonchev–Trinajstić information content (AvgIpc) is 2.86. The van der Waals surface area contributed by atoms with E-state index in [1.807, 2.05) is 6.07 Å². The van der Waals surface area contributed by atoms with E-state index in [1.165, 1.54) is 18.4 Å². The number of hydrogen-bond donors (Lipinski definition) is 2. The zero-order valence-electron chi connectivity index (χ0n) is 7.92. The highest BCUT2D eigenvalue weighted by molar-refractivity contribution is 5.23. The smallest absolute Gasteiger partial charge is 0.108 e. The summed E-state index contributed by atoms with van der Waals surface area (Å²) in [5.41, 5.74) is 4.12. The van der Waals surface area contributed by atoms with E-state index >= 15 is 0 Å². The summed E-state index contributed by atoms with van der Waals surface area (Å²) in [5.74, 6) is 7.32. The van der Waals surface area contributed by atoms with Gasteiger partial charge in [-0.15, -0.1) is 0 Å². The lowest BCUT2D eigenvalue weighted by atomic mass is 10.0. The molecule has 0 aliphatic heterocycles. The molecule has 1 aromatic heterocycles. The van der Waals surface area contributed by atoms with Crippen LogP contribution in [-0.4, -0.2) is 0 Å². The molecular weight excluding hydrogens is 164 g/mol. The number of aryl methyl sites for hydroxylation is 1. The summed E-state index contributed by atoms with van der Waals surface area (Å²) >= 11 is 0. The SMILES string of the molecule is CCc1occc1C(NN)C1CC1. The Hall–Kier alpha value is -0.800. The third-order valence-corrected chi connectivity index (χ3v) is 2.71. The number of hydrazine groups is 1. The molecular formula is C10H16N2O. The van der Waals surface area contributed by atoms with Crippen LogP contribution in [0.1, 0.15) is 37.1 Å². The summed E-state index contributed by atoms with van der Waals surface area (Å²) in [6.07, 6.45) is 5.25. The van der Waals surface area contributed by atoms with E-state index < -0.39 is 0 Å². The van der Waals surface area contributed by atoms with Crippen LogP contribution in [0.3, 0.4) is 0 Å². The maximum atomic E-state index is 5.54. The number of nitrogens with one attached hydrogen (secondary N) is 1. The van der Waals surface area contributed by atoms with Gasteiger partial charge in [-0.2, -0.15) is 0 Å². The molecule has 0 saturated heterocycles. The summed E-state index contributed by atoms with van der Waals surface area (Å²) in [6.45, 7) is 2.10. The predicted octanol–water partition coefficient (Wildman–Crippen LogP) is 1.76. The van der Waals surface area contributed by atoms with Crippen LogP contribution in [0, 0.1) is 5.92 Å². The van der Waals surface area contributed by atoms with E-state index in [0.717, 1.165) is 12.2 Å². The first-order chi connectivity index (χ1) is 6.36. The summed E-state index contributed by atoms with van der Waals surface area (Å²) < 4.78 is 5.38. The molecule has 1 unspecified atom stereocenters. The third kappa shape index (κ3) is 1.62. The number of hydrogen-bond acceptors (Lipinski definition) is 3. The topological polar surface area (TPSA) is 51.2 Å². The summed E-state index contributed by atoms with van der Waals surface area (Å²) in [6, 6.07) is 2.33. The second-order valence-corrected chi connectivity index (χ2v) is 3.63. The highest BCUT2D eigenvalue weighted by atomic mass is 16.3. The maximum Gasteiger partial charge on any atom is 0.108 e. The van der Waals surface area contributed by atoms with Crippen LogP contribution in [0.15, 0.2) is 16.7 Å². The number of furan rings is 1. The fourth-order valence-corrected chi connectivity index (χ4v) is 1.82. The Kier molecular flexibility index (Phi) is 2.38. The average molecular weight is 180 g/mol. The minimum atomic E-state index is 0.300. The van der Waals surface area contributed by atoms with Crippen molar-refractivity contribution in [3.8, 4) is 0 Å². The van der Waals surface area contributed by atoms with Gasteiger partial charge in [-0.3, -0.25) is 11.3 Å². The Balaban J connectivity index is 2.20. The molecule has 0 amide bonds. The van der Waals surface area contributed by atoms with Crippen molar-refractivity contribution < 1.29 is 4.42 Å². The van der Waals surface area contributed by atoms with Crippen molar-refractivity contribution in [1.82, 2.24) is 5.43 Å². The van der Waals surface area contributed by atoms with Crippen molar-refractivity contribution in [3.63, 3.8) is 0 Å². The minimum Gasteiger partial charge on any atom is -0.469 e. The summed E-state index contributed by atoms with van der Waals surface area (Å²) in [4.78, 5) is 0. The van der Waals surface area contributed by atoms with E-state index in [0.29, 0.717) is 12.0 Å². The maximum absolute atomic E-state index is 5.54. The minimum absolute atomic E-state index is 0.300. The van der Waals surface area contributed by atoms with Gasteiger partial charge in [0.05, 0.1) is 12.3 Å². The molecule has 1 atom stereocenters. The quantitative estimate of drug-likeness (QED) is 0.548. The van der Waals surface area contributed by atoms with Gasteiger partial charge < -0.3 is 4.42 Å². The second kappa shape index (κ2) is 3.52. The van der Waals surface area contributed by atoms with Gasteiger partial charge in [0, 0.05) is 12.0 Å². The first-order valence-corrected chi connectivity index (χ1v) is 4.89. The molecule has 1 aromatic rings. The van der Waals surface area contributed by atoms with Crippen LogP contribution in [0.2, 0.25) is 0 Å². The molecule has 1 heterocycles. The van der Waals surface area contributed by atoms with Gasteiger partial charge in [0.1, 0.15) is 5.76 Å². The van der Waals surface area contributed by atoms with Crippen molar-refractivity contribution in [2.24, 2.45) is 11.8 Å². The Morgan fingerprint density at radius 2 is 2.46 bits per heavy atom. The van der Waals surface area contributed by atoms with Gasteiger partial charge in [0.15, 0.2) is 0 Å². The fourth-order valence-electron chi connectivity index (χ4n) is 1.82. The molecule has 0 spiro atoms. The third-order valence-electron chi connectivity index (χ3n) is 2.71. The van der Waals surface area contributed by atoms with Crippen molar-refractivity contribution in [2.75, 3.05) is 0 Å². The molecule has 0 aromatic carbocycles. The molecule has 0 bridgehead atoms. The molecule has 1 fully saturated rings. The summed E-state index contributed by atoms with van der Waals surface area (Å²) in [7, 11) is 0. The Morgan fingerprint density at radius 3 is 3.00 bits per heavy atom. The van der Waals surface area contributed by atoms with Crippen LogP contribution in [0.5, 0.6) is 0 Å². The lowest BCUT2D eigenvalue weighted by Crippen LogP contribution is -2.29. The molecule has 3 heteroatoms. The predicted molar refractivity (Wildman–Crippen MR) is 50.9 cm³/mol. The van der Waals surface area contributed by atoms with Crippen molar-refractivity contribution in [3.05, 3.63) is 23.7 Å². The van der Waals surface area contributed by atoms with Crippen molar-refractivity contribution in [2.45, 2.75) is 32.2 Å². The van der Waals surface area contributed by atoms with Crippen molar-refractivity contribution >= 4 is 0 Å². The first kappa shape index (κ1) is 8.78. The zero-order chi connectivity index (χ0) is 9.26. The normalized spacial score (nSPS) is 18.9. The Bertz CT molecular complexity index is 278. The van der Waals surface area contributed by atoms with Gasteiger partial charge in [0.25, 0.3) is 0 Å². The molecule has 0 radical (unpaired) electrons. The second-order valence-electron chi connectivity index (χ2n) is 3.63. The molecule has 3 N–H and O–H groups in total. The van der Waals surface area contributed by atoms with E-state index in [4.69, 9.17) is 10.3 Å². The Morgan fingerprint density at radius 1 is 1.69 bits per heavy atom. The monoisotopic (exact) mass is 180 g/mol. The first-order valence-electron chi connectivity index (χ1n) is 4.89. The molecule has 72 valence electrons. The summed E-state index contributed by atoms with van der Waals surface area (Å²) in [5, 5.41) is 0. The lowest BCUT2D eigenvalue weighted by molar-refractivity contribution is 0.463. The van der Waals surface area contributed by atoms with E-state index in [9.17, 15) is 0 Å². The molecule has 1 aliphatic carbocycles. The van der Waals surface area contributed by atoms with E-state index in [2.05, 4.69) is 12.3 Å². The van der Waals surface area contributed by atoms with Crippen LogP contribution in [0.25, 0.3) is 0 Å². The molecule has 3 nitrogen and oxygen atoms in total. The molecule has 2 rings (SSSR count). The van der Waals surface area contributed by atoms with Gasteiger partial charge in [-0.05, 0) is 24.8 Å². The van der Waals surface area contributed by atoms with Crippen LogP contribution < -0.4 is 11.3 Å². The number of nitrogens with two attached hydrogens (primary N) is 1. The zero-order valence-corrected chi connectivity index (χ0v) is 7.92. The Labute approximate surface area is 78.3 Å². The van der Waals surface area contributed by atoms with E-state index in [-0.39, 0.29) is 0 Å². The van der Waals surface area contributed by atoms with Gasteiger partial charge in [-0.1, -0.05) is 6.92 Å².